The molecule has 1 saturated carbocycles. The second-order valence-corrected chi connectivity index (χ2v) is 4.66. The van der Waals surface area contributed by atoms with Gasteiger partial charge in [-0.15, -0.1) is 0 Å². The highest BCUT2D eigenvalue weighted by Gasteiger charge is 2.26. The minimum Gasteiger partial charge on any atom is -0.324 e. The van der Waals surface area contributed by atoms with Crippen molar-refractivity contribution in [3.63, 3.8) is 0 Å². The van der Waals surface area contributed by atoms with Gasteiger partial charge in [-0.05, 0) is 24.0 Å². The average Bonchev–Trinajstić information content (AvgIpc) is 3.01. The quantitative estimate of drug-likeness (QED) is 0.650. The van der Waals surface area contributed by atoms with E-state index in [0.29, 0.717) is 16.5 Å². The van der Waals surface area contributed by atoms with Crippen LogP contribution in [0.4, 0.5) is 5.69 Å². The molecule has 1 aromatic rings. The maximum atomic E-state index is 10.6. The zero-order valence-corrected chi connectivity index (χ0v) is 9.48. The lowest BCUT2D eigenvalue weighted by molar-refractivity contribution is -0.384. The summed E-state index contributed by atoms with van der Waals surface area (Å²) in [5, 5.41) is 11.2. The van der Waals surface area contributed by atoms with Gasteiger partial charge in [-0.25, -0.2) is 0 Å². The Labute approximate surface area is 98.5 Å². The van der Waals surface area contributed by atoms with Crippen LogP contribution in [0, 0.1) is 16.0 Å². The van der Waals surface area contributed by atoms with Gasteiger partial charge in [-0.2, -0.15) is 0 Å². The highest BCUT2D eigenvalue weighted by Crippen LogP contribution is 2.38. The van der Waals surface area contributed by atoms with Crippen LogP contribution in [0.1, 0.15) is 30.9 Å². The van der Waals surface area contributed by atoms with Gasteiger partial charge in [0, 0.05) is 23.2 Å². The van der Waals surface area contributed by atoms with E-state index in [1.54, 1.807) is 6.07 Å². The summed E-state index contributed by atoms with van der Waals surface area (Å²) in [5.74, 6) is 0.672. The lowest BCUT2D eigenvalue weighted by Gasteiger charge is -2.12. The first-order valence-corrected chi connectivity index (χ1v) is 5.65. The molecule has 0 radical (unpaired) electrons. The number of rotatable bonds is 4. The summed E-state index contributed by atoms with van der Waals surface area (Å²) in [7, 11) is 0. The summed E-state index contributed by atoms with van der Waals surface area (Å²) in [6, 6.07) is 4.23. The third-order valence-electron chi connectivity index (χ3n) is 2.87. The first-order chi connectivity index (χ1) is 7.58. The Balaban J connectivity index is 2.22. The molecule has 0 saturated heterocycles. The third kappa shape index (κ3) is 2.51. The molecule has 0 bridgehead atoms. The van der Waals surface area contributed by atoms with E-state index >= 15 is 0 Å². The topological polar surface area (TPSA) is 69.2 Å². The molecule has 86 valence electrons. The van der Waals surface area contributed by atoms with Crippen molar-refractivity contribution in [2.45, 2.75) is 25.3 Å². The Hall–Kier alpha value is -1.13. The zero-order valence-electron chi connectivity index (χ0n) is 8.73. The van der Waals surface area contributed by atoms with Gasteiger partial charge in [0.25, 0.3) is 5.69 Å². The Morgan fingerprint density at radius 1 is 1.56 bits per heavy atom. The van der Waals surface area contributed by atoms with E-state index in [1.165, 1.54) is 25.0 Å². The van der Waals surface area contributed by atoms with Gasteiger partial charge in [-0.3, -0.25) is 10.1 Å². The molecule has 0 aliphatic heterocycles. The van der Waals surface area contributed by atoms with Crippen molar-refractivity contribution < 1.29 is 4.92 Å². The molecule has 1 aliphatic carbocycles. The maximum Gasteiger partial charge on any atom is 0.269 e. The minimum absolute atomic E-state index is 0.0469. The number of benzene rings is 1. The predicted octanol–water partition coefficient (Wildman–Crippen LogP) is 3.05. The van der Waals surface area contributed by atoms with Crippen LogP contribution in [0.2, 0.25) is 5.02 Å². The van der Waals surface area contributed by atoms with Crippen molar-refractivity contribution in [1.82, 2.24) is 0 Å². The molecule has 5 heteroatoms. The Bertz CT molecular complexity index is 418. The summed E-state index contributed by atoms with van der Waals surface area (Å²) in [4.78, 5) is 10.2. The summed E-state index contributed by atoms with van der Waals surface area (Å²) >= 11 is 6.00. The van der Waals surface area contributed by atoms with E-state index in [1.807, 2.05) is 0 Å². The average molecular weight is 241 g/mol. The number of nitro benzene ring substituents is 1. The highest BCUT2D eigenvalue weighted by molar-refractivity contribution is 6.31. The first kappa shape index (κ1) is 11.4. The molecule has 0 amide bonds. The zero-order chi connectivity index (χ0) is 11.7. The third-order valence-corrected chi connectivity index (χ3v) is 3.22. The number of hydrogen-bond acceptors (Lipinski definition) is 3. The van der Waals surface area contributed by atoms with Crippen molar-refractivity contribution in [3.8, 4) is 0 Å². The van der Waals surface area contributed by atoms with Crippen LogP contribution in [0.5, 0.6) is 0 Å². The van der Waals surface area contributed by atoms with Crippen LogP contribution in [-0.4, -0.2) is 4.92 Å². The van der Waals surface area contributed by atoms with Crippen molar-refractivity contribution in [2.75, 3.05) is 0 Å². The standard InChI is InChI=1S/C11H13ClN2O2/c12-10-4-3-8(14(15)16)6-9(10)11(13)5-7-1-2-7/h3-4,6-7,11H,1-2,5,13H2/t11-/m1/s1. The van der Waals surface area contributed by atoms with Crippen LogP contribution in [0.25, 0.3) is 0 Å². The Morgan fingerprint density at radius 2 is 2.25 bits per heavy atom. The van der Waals surface area contributed by atoms with Crippen LogP contribution in [0.3, 0.4) is 0 Å². The van der Waals surface area contributed by atoms with E-state index < -0.39 is 4.92 Å². The van der Waals surface area contributed by atoms with E-state index in [0.717, 1.165) is 6.42 Å². The molecule has 0 spiro atoms. The van der Waals surface area contributed by atoms with Crippen molar-refractivity contribution >= 4 is 17.3 Å². The van der Waals surface area contributed by atoms with Crippen LogP contribution >= 0.6 is 11.6 Å². The fourth-order valence-electron chi connectivity index (χ4n) is 1.77. The molecule has 1 aromatic carbocycles. The fraction of sp³-hybridized carbons (Fsp3) is 0.455. The minimum atomic E-state index is -0.427. The van der Waals surface area contributed by atoms with Gasteiger partial charge >= 0.3 is 0 Å². The molecular weight excluding hydrogens is 228 g/mol. The van der Waals surface area contributed by atoms with E-state index in [-0.39, 0.29) is 11.7 Å². The first-order valence-electron chi connectivity index (χ1n) is 5.27. The molecule has 0 heterocycles. The normalized spacial score (nSPS) is 17.1. The van der Waals surface area contributed by atoms with Crippen molar-refractivity contribution in [1.29, 1.82) is 0 Å². The molecule has 2 rings (SSSR count). The van der Waals surface area contributed by atoms with Gasteiger partial charge < -0.3 is 5.73 Å². The van der Waals surface area contributed by atoms with Gasteiger partial charge in [0.1, 0.15) is 0 Å². The van der Waals surface area contributed by atoms with E-state index in [2.05, 4.69) is 0 Å². The molecule has 2 N–H and O–H groups in total. The van der Waals surface area contributed by atoms with E-state index in [4.69, 9.17) is 17.3 Å². The largest absolute Gasteiger partial charge is 0.324 e. The molecule has 1 atom stereocenters. The fourth-order valence-corrected chi connectivity index (χ4v) is 2.03. The molecule has 0 unspecified atom stereocenters. The van der Waals surface area contributed by atoms with Gasteiger partial charge in [-0.1, -0.05) is 24.4 Å². The number of nitrogens with two attached hydrogens (primary N) is 1. The predicted molar refractivity (Wildman–Crippen MR) is 62.4 cm³/mol. The second-order valence-electron chi connectivity index (χ2n) is 4.25. The lowest BCUT2D eigenvalue weighted by Crippen LogP contribution is -2.11. The highest BCUT2D eigenvalue weighted by atomic mass is 35.5. The SMILES string of the molecule is N[C@H](CC1CC1)c1cc([N+](=O)[O-])ccc1Cl. The molecule has 1 fully saturated rings. The number of nitrogens with zero attached hydrogens (tertiary/aromatic N) is 1. The van der Waals surface area contributed by atoms with Crippen LogP contribution < -0.4 is 5.73 Å². The Kier molecular flexibility index (Phi) is 3.12. The van der Waals surface area contributed by atoms with Crippen LogP contribution in [-0.2, 0) is 0 Å². The molecule has 4 nitrogen and oxygen atoms in total. The molecular formula is C11H13ClN2O2. The molecule has 0 aromatic heterocycles. The number of hydrogen-bond donors (Lipinski definition) is 1. The number of nitro groups is 1. The number of halogens is 1. The van der Waals surface area contributed by atoms with Crippen LogP contribution in [0.15, 0.2) is 18.2 Å². The smallest absolute Gasteiger partial charge is 0.269 e. The second kappa shape index (κ2) is 4.39. The molecule has 16 heavy (non-hydrogen) atoms. The van der Waals surface area contributed by atoms with Gasteiger partial charge in [0.15, 0.2) is 0 Å². The van der Waals surface area contributed by atoms with E-state index in [9.17, 15) is 10.1 Å². The summed E-state index contributed by atoms with van der Waals surface area (Å²) in [6.45, 7) is 0. The van der Waals surface area contributed by atoms with Gasteiger partial charge in [0.05, 0.1) is 4.92 Å². The van der Waals surface area contributed by atoms with Crippen molar-refractivity contribution in [2.24, 2.45) is 11.7 Å². The summed E-state index contributed by atoms with van der Waals surface area (Å²) < 4.78 is 0. The monoisotopic (exact) mass is 240 g/mol. The molecule has 1 aliphatic rings. The maximum absolute atomic E-state index is 10.6. The van der Waals surface area contributed by atoms with Gasteiger partial charge in [0.2, 0.25) is 0 Å². The lowest BCUT2D eigenvalue weighted by atomic mass is 10.0. The number of non-ortho nitro benzene ring substituents is 1. The summed E-state index contributed by atoms with van der Waals surface area (Å²) in [6.07, 6.45) is 3.28. The Morgan fingerprint density at radius 3 is 2.81 bits per heavy atom. The van der Waals surface area contributed by atoms with Crippen molar-refractivity contribution in [3.05, 3.63) is 38.9 Å². The summed E-state index contributed by atoms with van der Waals surface area (Å²) in [5.41, 5.74) is 6.73.